The van der Waals surface area contributed by atoms with Crippen LogP contribution in [0.3, 0.4) is 0 Å². The van der Waals surface area contributed by atoms with Gasteiger partial charge in [0.05, 0.1) is 0 Å². The first-order valence-electron chi connectivity index (χ1n) is 6.18. The molecule has 0 aliphatic carbocycles. The number of nitrogens with two attached hydrogens (primary N) is 1. The summed E-state index contributed by atoms with van der Waals surface area (Å²) in [5.74, 6) is 7.57. The highest BCUT2D eigenvalue weighted by Gasteiger charge is 2.20. The lowest BCUT2D eigenvalue weighted by Crippen LogP contribution is -2.20. The van der Waals surface area contributed by atoms with E-state index in [-0.39, 0.29) is 0 Å². The SMILES string of the molecule is CCc1nc(C2CCOCC2)nc(NN)c1C. The number of anilines is 1. The Kier molecular flexibility index (Phi) is 3.91. The van der Waals surface area contributed by atoms with E-state index in [4.69, 9.17) is 10.6 Å². The quantitative estimate of drug-likeness (QED) is 0.615. The summed E-state index contributed by atoms with van der Waals surface area (Å²) in [6.07, 6.45) is 2.89. The van der Waals surface area contributed by atoms with Gasteiger partial charge in [-0.05, 0) is 26.2 Å². The number of hydrazine groups is 1. The third kappa shape index (κ3) is 2.56. The number of rotatable bonds is 3. The largest absolute Gasteiger partial charge is 0.381 e. The van der Waals surface area contributed by atoms with Crippen LogP contribution in [0.15, 0.2) is 0 Å². The summed E-state index contributed by atoms with van der Waals surface area (Å²) >= 11 is 0. The van der Waals surface area contributed by atoms with Crippen LogP contribution < -0.4 is 11.3 Å². The van der Waals surface area contributed by atoms with Crippen molar-refractivity contribution in [3.8, 4) is 0 Å². The normalized spacial score (nSPS) is 17.1. The van der Waals surface area contributed by atoms with Crippen molar-refractivity contribution < 1.29 is 4.74 Å². The van der Waals surface area contributed by atoms with E-state index in [2.05, 4.69) is 22.3 Å². The van der Waals surface area contributed by atoms with Crippen molar-refractivity contribution >= 4 is 5.82 Å². The molecule has 0 atom stereocenters. The fraction of sp³-hybridized carbons (Fsp3) is 0.667. The second kappa shape index (κ2) is 5.42. The third-order valence-corrected chi connectivity index (χ3v) is 3.32. The molecule has 1 aromatic heterocycles. The molecule has 2 heterocycles. The van der Waals surface area contributed by atoms with Gasteiger partial charge in [0, 0.05) is 30.4 Å². The van der Waals surface area contributed by atoms with Gasteiger partial charge in [0.2, 0.25) is 0 Å². The number of hydrogen-bond acceptors (Lipinski definition) is 5. The van der Waals surface area contributed by atoms with Gasteiger partial charge >= 0.3 is 0 Å². The predicted molar refractivity (Wildman–Crippen MR) is 66.8 cm³/mol. The molecule has 0 spiro atoms. The van der Waals surface area contributed by atoms with E-state index in [9.17, 15) is 0 Å². The average Bonchev–Trinajstić information content (AvgIpc) is 2.40. The van der Waals surface area contributed by atoms with Crippen LogP contribution in [0.5, 0.6) is 0 Å². The highest BCUT2D eigenvalue weighted by Crippen LogP contribution is 2.26. The number of nitrogens with zero attached hydrogens (tertiary/aromatic N) is 2. The van der Waals surface area contributed by atoms with Gasteiger partial charge in [-0.2, -0.15) is 0 Å². The zero-order valence-corrected chi connectivity index (χ0v) is 10.5. The Hall–Kier alpha value is -1.20. The minimum atomic E-state index is 0.404. The van der Waals surface area contributed by atoms with Gasteiger partial charge < -0.3 is 10.2 Å². The smallest absolute Gasteiger partial charge is 0.146 e. The van der Waals surface area contributed by atoms with Crippen molar-refractivity contribution in [2.45, 2.75) is 39.0 Å². The molecule has 5 heteroatoms. The highest BCUT2D eigenvalue weighted by atomic mass is 16.5. The zero-order chi connectivity index (χ0) is 12.3. The molecule has 0 radical (unpaired) electrons. The monoisotopic (exact) mass is 236 g/mol. The van der Waals surface area contributed by atoms with Gasteiger partial charge in [0.25, 0.3) is 0 Å². The lowest BCUT2D eigenvalue weighted by molar-refractivity contribution is 0.0835. The maximum absolute atomic E-state index is 5.51. The van der Waals surface area contributed by atoms with E-state index >= 15 is 0 Å². The van der Waals surface area contributed by atoms with Crippen LogP contribution >= 0.6 is 0 Å². The summed E-state index contributed by atoms with van der Waals surface area (Å²) in [5, 5.41) is 0. The van der Waals surface area contributed by atoms with Crippen molar-refractivity contribution in [2.24, 2.45) is 5.84 Å². The van der Waals surface area contributed by atoms with Gasteiger partial charge in [-0.25, -0.2) is 15.8 Å². The summed E-state index contributed by atoms with van der Waals surface area (Å²) in [7, 11) is 0. The third-order valence-electron chi connectivity index (χ3n) is 3.32. The molecule has 17 heavy (non-hydrogen) atoms. The molecule has 0 bridgehead atoms. The van der Waals surface area contributed by atoms with E-state index < -0.39 is 0 Å². The van der Waals surface area contributed by atoms with E-state index in [1.54, 1.807) is 0 Å². The Bertz CT molecular complexity index is 363. The summed E-state index contributed by atoms with van der Waals surface area (Å²) < 4.78 is 5.36. The first-order chi connectivity index (χ1) is 8.26. The standard InChI is InChI=1S/C12H20N4O/c1-3-10-8(2)11(16-13)15-12(14-10)9-4-6-17-7-5-9/h9H,3-7,13H2,1-2H3,(H,14,15,16). The van der Waals surface area contributed by atoms with Crippen molar-refractivity contribution in [1.29, 1.82) is 0 Å². The molecule has 0 aromatic carbocycles. The summed E-state index contributed by atoms with van der Waals surface area (Å²) in [6.45, 7) is 5.70. The van der Waals surface area contributed by atoms with Crippen LogP contribution in [0.25, 0.3) is 0 Å². The summed E-state index contributed by atoms with van der Waals surface area (Å²) in [6, 6.07) is 0. The zero-order valence-electron chi connectivity index (χ0n) is 10.5. The Morgan fingerprint density at radius 3 is 2.65 bits per heavy atom. The van der Waals surface area contributed by atoms with E-state index in [1.807, 2.05) is 6.92 Å². The molecule has 1 saturated heterocycles. The summed E-state index contributed by atoms with van der Waals surface area (Å²) in [5.41, 5.74) is 4.79. The van der Waals surface area contributed by atoms with Crippen LogP contribution in [0.1, 0.15) is 42.8 Å². The van der Waals surface area contributed by atoms with Gasteiger partial charge in [-0.3, -0.25) is 0 Å². The van der Waals surface area contributed by atoms with Gasteiger partial charge in [-0.1, -0.05) is 6.92 Å². The van der Waals surface area contributed by atoms with Crippen molar-refractivity contribution in [1.82, 2.24) is 9.97 Å². The molecule has 94 valence electrons. The van der Waals surface area contributed by atoms with Gasteiger partial charge in [-0.15, -0.1) is 0 Å². The average molecular weight is 236 g/mol. The predicted octanol–water partition coefficient (Wildman–Crippen LogP) is 1.53. The Morgan fingerprint density at radius 1 is 1.35 bits per heavy atom. The van der Waals surface area contributed by atoms with Crippen molar-refractivity contribution in [3.63, 3.8) is 0 Å². The molecule has 1 aliphatic heterocycles. The van der Waals surface area contributed by atoms with Crippen LogP contribution in [0.2, 0.25) is 0 Å². The lowest BCUT2D eigenvalue weighted by Gasteiger charge is -2.22. The van der Waals surface area contributed by atoms with Crippen molar-refractivity contribution in [2.75, 3.05) is 18.6 Å². The number of nitrogen functional groups attached to an aromatic ring is 1. The second-order valence-corrected chi connectivity index (χ2v) is 4.39. The molecule has 0 unspecified atom stereocenters. The molecule has 0 amide bonds. The van der Waals surface area contributed by atoms with E-state index in [0.717, 1.165) is 55.4 Å². The Morgan fingerprint density at radius 2 is 2.06 bits per heavy atom. The Balaban J connectivity index is 2.33. The number of ether oxygens (including phenoxy) is 1. The molecule has 1 fully saturated rings. The molecule has 3 N–H and O–H groups in total. The molecular weight excluding hydrogens is 216 g/mol. The number of nitrogens with one attached hydrogen (secondary N) is 1. The number of aromatic nitrogens is 2. The molecule has 1 aliphatic rings. The maximum Gasteiger partial charge on any atom is 0.146 e. The fourth-order valence-corrected chi connectivity index (χ4v) is 2.21. The van der Waals surface area contributed by atoms with Crippen molar-refractivity contribution in [3.05, 3.63) is 17.1 Å². The molecule has 2 rings (SSSR count). The fourth-order valence-electron chi connectivity index (χ4n) is 2.21. The molecular formula is C12H20N4O. The van der Waals surface area contributed by atoms with Crippen LogP contribution in [0, 0.1) is 6.92 Å². The molecule has 1 aromatic rings. The molecule has 0 saturated carbocycles. The minimum absolute atomic E-state index is 0.404. The van der Waals surface area contributed by atoms with E-state index in [1.165, 1.54) is 0 Å². The number of aryl methyl sites for hydroxylation is 1. The first kappa shape index (κ1) is 12.3. The van der Waals surface area contributed by atoms with Gasteiger partial charge in [0.15, 0.2) is 0 Å². The maximum atomic E-state index is 5.51. The van der Waals surface area contributed by atoms with Crippen LogP contribution in [-0.4, -0.2) is 23.2 Å². The summed E-state index contributed by atoms with van der Waals surface area (Å²) in [4.78, 5) is 9.18. The highest BCUT2D eigenvalue weighted by molar-refractivity contribution is 5.45. The minimum Gasteiger partial charge on any atom is -0.381 e. The lowest BCUT2D eigenvalue weighted by atomic mass is 9.99. The van der Waals surface area contributed by atoms with Gasteiger partial charge in [0.1, 0.15) is 11.6 Å². The first-order valence-corrected chi connectivity index (χ1v) is 6.18. The number of hydrogen-bond donors (Lipinski definition) is 2. The van der Waals surface area contributed by atoms with Crippen LogP contribution in [-0.2, 0) is 11.2 Å². The van der Waals surface area contributed by atoms with Crippen LogP contribution in [0.4, 0.5) is 5.82 Å². The topological polar surface area (TPSA) is 73.1 Å². The van der Waals surface area contributed by atoms with E-state index in [0.29, 0.717) is 5.92 Å². The molecule has 5 nitrogen and oxygen atoms in total. The Labute approximate surface area is 102 Å². The second-order valence-electron chi connectivity index (χ2n) is 4.39.